The van der Waals surface area contributed by atoms with E-state index >= 15 is 0 Å². The molecule has 0 bridgehead atoms. The van der Waals surface area contributed by atoms with E-state index in [0.717, 1.165) is 68.8 Å². The molecule has 5 nitrogen and oxygen atoms in total. The molecule has 0 aliphatic carbocycles. The van der Waals surface area contributed by atoms with Crippen LogP contribution in [0.1, 0.15) is 75.1 Å². The maximum absolute atomic E-state index is 12.5. The van der Waals surface area contributed by atoms with Crippen LogP contribution in [-0.2, 0) is 11.8 Å². The summed E-state index contributed by atoms with van der Waals surface area (Å²) in [7, 11) is 3.84. The van der Waals surface area contributed by atoms with Gasteiger partial charge in [-0.1, -0.05) is 50.6 Å². The van der Waals surface area contributed by atoms with E-state index < -0.39 is 0 Å². The number of nitrogens with zero attached hydrogens (tertiary/aromatic N) is 2. The molecule has 166 valence electrons. The molecule has 6 heteroatoms. The molecule has 0 aliphatic heterocycles. The third kappa shape index (κ3) is 7.35. The summed E-state index contributed by atoms with van der Waals surface area (Å²) >= 11 is 6.09. The first kappa shape index (κ1) is 24.3. The number of nitrogens with one attached hydrogen (secondary N) is 1. The second kappa shape index (κ2) is 12.6. The maximum atomic E-state index is 12.5. The fourth-order valence-electron chi connectivity index (χ4n) is 3.66. The van der Waals surface area contributed by atoms with E-state index in [2.05, 4.69) is 12.2 Å². The first-order valence-corrected chi connectivity index (χ1v) is 11.6. The van der Waals surface area contributed by atoms with Gasteiger partial charge in [0, 0.05) is 55.7 Å². The van der Waals surface area contributed by atoms with Crippen molar-refractivity contribution in [3.63, 3.8) is 0 Å². The normalized spacial score (nSPS) is 11.1. The standard InChI is InChI=1S/C24H36ClN3O2/c1-4-5-16-27(2)23(29)12-10-8-6-7-9-11-15-26-24(30)21-18-28(3)22-14-13-19(25)17-20(21)22/h13-14,17-18H,4-12,15-16H2,1-3H3,(H,26,30). The van der Waals surface area contributed by atoms with Crippen molar-refractivity contribution >= 4 is 34.3 Å². The second-order valence-electron chi connectivity index (χ2n) is 8.11. The lowest BCUT2D eigenvalue weighted by Crippen LogP contribution is -2.27. The second-order valence-corrected chi connectivity index (χ2v) is 8.55. The maximum Gasteiger partial charge on any atom is 0.253 e. The molecule has 2 rings (SSSR count). The van der Waals surface area contributed by atoms with Crippen molar-refractivity contribution in [1.82, 2.24) is 14.8 Å². The highest BCUT2D eigenvalue weighted by molar-refractivity contribution is 6.31. The van der Waals surface area contributed by atoms with Crippen molar-refractivity contribution in [3.8, 4) is 0 Å². The van der Waals surface area contributed by atoms with E-state index in [1.165, 1.54) is 0 Å². The van der Waals surface area contributed by atoms with Crippen molar-refractivity contribution in [2.24, 2.45) is 7.05 Å². The van der Waals surface area contributed by atoms with Crippen LogP contribution in [0.15, 0.2) is 24.4 Å². The van der Waals surface area contributed by atoms with Gasteiger partial charge in [0.2, 0.25) is 5.91 Å². The molecular formula is C24H36ClN3O2. The molecule has 0 aliphatic rings. The van der Waals surface area contributed by atoms with Gasteiger partial charge in [0.25, 0.3) is 5.91 Å². The van der Waals surface area contributed by atoms with Crippen molar-refractivity contribution < 1.29 is 9.59 Å². The number of halogens is 1. The van der Waals surface area contributed by atoms with Crippen molar-refractivity contribution in [1.29, 1.82) is 0 Å². The number of amides is 2. The van der Waals surface area contributed by atoms with Gasteiger partial charge in [-0.2, -0.15) is 0 Å². The molecule has 0 unspecified atom stereocenters. The number of hydrogen-bond acceptors (Lipinski definition) is 2. The van der Waals surface area contributed by atoms with Crippen molar-refractivity contribution in [2.75, 3.05) is 20.1 Å². The Morgan fingerprint density at radius 3 is 2.50 bits per heavy atom. The number of unbranched alkanes of at least 4 members (excludes halogenated alkanes) is 6. The molecule has 2 aromatic rings. The lowest BCUT2D eigenvalue weighted by molar-refractivity contribution is -0.130. The molecular weight excluding hydrogens is 398 g/mol. The Bertz CT molecular complexity index is 831. The van der Waals surface area contributed by atoms with Gasteiger partial charge in [0.1, 0.15) is 0 Å². The van der Waals surface area contributed by atoms with Gasteiger partial charge in [-0.05, 0) is 37.5 Å². The average Bonchev–Trinajstić information content (AvgIpc) is 3.06. The van der Waals surface area contributed by atoms with Crippen LogP contribution in [0.2, 0.25) is 5.02 Å². The summed E-state index contributed by atoms with van der Waals surface area (Å²) in [5.41, 5.74) is 1.67. The number of rotatable bonds is 13. The zero-order valence-corrected chi connectivity index (χ0v) is 19.4. The number of aryl methyl sites for hydroxylation is 1. The van der Waals surface area contributed by atoms with Gasteiger partial charge in [0.15, 0.2) is 0 Å². The first-order valence-electron chi connectivity index (χ1n) is 11.2. The van der Waals surface area contributed by atoms with Crippen LogP contribution in [0.3, 0.4) is 0 Å². The van der Waals surface area contributed by atoms with Gasteiger partial charge < -0.3 is 14.8 Å². The number of benzene rings is 1. The summed E-state index contributed by atoms with van der Waals surface area (Å²) in [6.45, 7) is 3.69. The van der Waals surface area contributed by atoms with Gasteiger partial charge in [-0.15, -0.1) is 0 Å². The van der Waals surface area contributed by atoms with Crippen LogP contribution >= 0.6 is 11.6 Å². The Balaban J connectivity index is 1.58. The topological polar surface area (TPSA) is 54.3 Å². The molecule has 1 aromatic carbocycles. The Kier molecular flexibility index (Phi) is 10.2. The number of hydrogen-bond donors (Lipinski definition) is 1. The van der Waals surface area contributed by atoms with Gasteiger partial charge in [-0.3, -0.25) is 9.59 Å². The summed E-state index contributed by atoms with van der Waals surface area (Å²) in [4.78, 5) is 26.4. The highest BCUT2D eigenvalue weighted by Crippen LogP contribution is 2.24. The molecule has 0 radical (unpaired) electrons. The largest absolute Gasteiger partial charge is 0.352 e. The molecule has 0 spiro atoms. The highest BCUT2D eigenvalue weighted by Gasteiger charge is 2.13. The molecule has 1 heterocycles. The van der Waals surface area contributed by atoms with E-state index in [0.29, 0.717) is 23.6 Å². The van der Waals surface area contributed by atoms with Crippen LogP contribution in [0.25, 0.3) is 10.9 Å². The van der Waals surface area contributed by atoms with E-state index in [4.69, 9.17) is 11.6 Å². The number of fused-ring (bicyclic) bond motifs is 1. The number of aromatic nitrogens is 1. The summed E-state index contributed by atoms with van der Waals surface area (Å²) in [5.74, 6) is 0.217. The smallest absolute Gasteiger partial charge is 0.253 e. The SMILES string of the molecule is CCCCN(C)C(=O)CCCCCCCCNC(=O)c1cn(C)c2ccc(Cl)cc12. The van der Waals surface area contributed by atoms with Gasteiger partial charge in [-0.25, -0.2) is 0 Å². The average molecular weight is 434 g/mol. The zero-order chi connectivity index (χ0) is 21.9. The lowest BCUT2D eigenvalue weighted by atomic mass is 10.1. The third-order valence-electron chi connectivity index (χ3n) is 5.57. The predicted octanol–water partition coefficient (Wildman–Crippen LogP) is 5.55. The molecule has 0 saturated carbocycles. The van der Waals surface area contributed by atoms with Crippen LogP contribution < -0.4 is 5.32 Å². The highest BCUT2D eigenvalue weighted by atomic mass is 35.5. The summed E-state index contributed by atoms with van der Waals surface area (Å²) in [5, 5.41) is 4.55. The summed E-state index contributed by atoms with van der Waals surface area (Å²) in [6.07, 6.45) is 11.1. The van der Waals surface area contributed by atoms with Crippen LogP contribution in [0, 0.1) is 0 Å². The molecule has 0 saturated heterocycles. The van der Waals surface area contributed by atoms with Crippen LogP contribution in [0.4, 0.5) is 0 Å². The van der Waals surface area contributed by atoms with E-state index in [9.17, 15) is 9.59 Å². The van der Waals surface area contributed by atoms with Gasteiger partial charge >= 0.3 is 0 Å². The van der Waals surface area contributed by atoms with Crippen LogP contribution in [-0.4, -0.2) is 41.4 Å². The van der Waals surface area contributed by atoms with Crippen molar-refractivity contribution in [3.05, 3.63) is 35.0 Å². The molecule has 30 heavy (non-hydrogen) atoms. The molecule has 0 fully saturated rings. The quantitative estimate of drug-likeness (QED) is 0.421. The minimum atomic E-state index is -0.0476. The van der Waals surface area contributed by atoms with E-state index in [1.807, 2.05) is 48.0 Å². The van der Waals surface area contributed by atoms with E-state index in [-0.39, 0.29) is 11.8 Å². The van der Waals surface area contributed by atoms with Crippen LogP contribution in [0.5, 0.6) is 0 Å². The Labute approximate surface area is 185 Å². The summed E-state index contributed by atoms with van der Waals surface area (Å²) < 4.78 is 1.95. The van der Waals surface area contributed by atoms with E-state index in [1.54, 1.807) is 0 Å². The Hall–Kier alpha value is -2.01. The van der Waals surface area contributed by atoms with Gasteiger partial charge in [0.05, 0.1) is 5.56 Å². The minimum Gasteiger partial charge on any atom is -0.352 e. The fourth-order valence-corrected chi connectivity index (χ4v) is 3.83. The monoisotopic (exact) mass is 433 g/mol. The Morgan fingerprint density at radius 1 is 1.07 bits per heavy atom. The summed E-state index contributed by atoms with van der Waals surface area (Å²) in [6, 6.07) is 5.62. The predicted molar refractivity (Wildman–Crippen MR) is 125 cm³/mol. The number of carbonyl (C=O) groups excluding carboxylic acids is 2. The minimum absolute atomic E-state index is 0.0476. The Morgan fingerprint density at radius 2 is 1.77 bits per heavy atom. The molecule has 2 amide bonds. The lowest BCUT2D eigenvalue weighted by Gasteiger charge is -2.16. The first-order chi connectivity index (χ1) is 14.4. The van der Waals surface area contributed by atoms with Crippen molar-refractivity contribution in [2.45, 2.75) is 64.7 Å². The molecule has 0 atom stereocenters. The third-order valence-corrected chi connectivity index (χ3v) is 5.81. The fraction of sp³-hybridized carbons (Fsp3) is 0.583. The molecule has 1 N–H and O–H groups in total. The zero-order valence-electron chi connectivity index (χ0n) is 18.7. The number of carbonyl (C=O) groups is 2. The molecule has 1 aromatic heterocycles.